The van der Waals surface area contributed by atoms with E-state index in [1.54, 1.807) is 0 Å². The molecule has 2 N–H and O–H groups in total. The number of guanidine groups is 1. The Morgan fingerprint density at radius 2 is 1.81 bits per heavy atom. The third kappa shape index (κ3) is 8.22. The van der Waals surface area contributed by atoms with Crippen LogP contribution in [0.15, 0.2) is 29.3 Å². The number of aliphatic imine (C=N–C) groups is 1. The average Bonchev–Trinajstić information content (AvgIpc) is 2.66. The first kappa shape index (κ1) is 23.2. The van der Waals surface area contributed by atoms with E-state index in [4.69, 9.17) is 4.74 Å². The van der Waals surface area contributed by atoms with E-state index < -0.39 is 0 Å². The number of benzene rings is 1. The van der Waals surface area contributed by atoms with Gasteiger partial charge in [0.25, 0.3) is 0 Å². The second kappa shape index (κ2) is 13.3. The molecule has 26 heavy (non-hydrogen) atoms. The Balaban J connectivity index is 0.00000338. The highest BCUT2D eigenvalue weighted by Gasteiger charge is 2.19. The van der Waals surface area contributed by atoms with Gasteiger partial charge in [-0.25, -0.2) is 0 Å². The number of likely N-dealkylation sites (tertiary alicyclic amines) is 1. The summed E-state index contributed by atoms with van der Waals surface area (Å²) in [5.74, 6) is 0.896. The van der Waals surface area contributed by atoms with Crippen LogP contribution in [0.25, 0.3) is 0 Å². The number of nitrogens with zero attached hydrogens (tertiary/aromatic N) is 2. The van der Waals surface area contributed by atoms with Gasteiger partial charge in [0.15, 0.2) is 5.96 Å². The molecule has 1 fully saturated rings. The molecule has 0 amide bonds. The van der Waals surface area contributed by atoms with Gasteiger partial charge in [-0.15, -0.1) is 24.0 Å². The van der Waals surface area contributed by atoms with Gasteiger partial charge in [0, 0.05) is 39.3 Å². The zero-order valence-corrected chi connectivity index (χ0v) is 18.8. The molecule has 0 spiro atoms. The molecule has 1 aliphatic rings. The zero-order chi connectivity index (χ0) is 17.9. The number of hydrogen-bond acceptors (Lipinski definition) is 3. The molecule has 0 unspecified atom stereocenters. The number of ether oxygens (including phenoxy) is 1. The van der Waals surface area contributed by atoms with Crippen LogP contribution in [0.2, 0.25) is 0 Å². The number of hydrogen-bond donors (Lipinski definition) is 2. The van der Waals surface area contributed by atoms with Crippen LogP contribution < -0.4 is 10.6 Å². The molecule has 1 aliphatic heterocycles. The molecular formula is C20H35IN4O. The lowest BCUT2D eigenvalue weighted by Gasteiger charge is -2.32. The van der Waals surface area contributed by atoms with Gasteiger partial charge in [-0.2, -0.15) is 0 Å². The van der Waals surface area contributed by atoms with Crippen molar-refractivity contribution < 1.29 is 4.74 Å². The van der Waals surface area contributed by atoms with Crippen molar-refractivity contribution in [3.63, 3.8) is 0 Å². The van der Waals surface area contributed by atoms with Gasteiger partial charge in [-0.3, -0.25) is 4.99 Å². The lowest BCUT2D eigenvalue weighted by atomic mass is 10.1. The summed E-state index contributed by atoms with van der Waals surface area (Å²) < 4.78 is 5.43. The van der Waals surface area contributed by atoms with Gasteiger partial charge in [0.05, 0.1) is 6.61 Å². The largest absolute Gasteiger partial charge is 0.377 e. The van der Waals surface area contributed by atoms with E-state index in [1.807, 2.05) is 14.0 Å². The molecule has 6 heteroatoms. The van der Waals surface area contributed by atoms with Crippen LogP contribution in [-0.2, 0) is 17.9 Å². The maximum atomic E-state index is 5.43. The lowest BCUT2D eigenvalue weighted by molar-refractivity contribution is 0.134. The normalized spacial score (nSPS) is 16.2. The van der Waals surface area contributed by atoms with E-state index in [0.29, 0.717) is 12.6 Å². The Morgan fingerprint density at radius 3 is 2.38 bits per heavy atom. The van der Waals surface area contributed by atoms with Crippen molar-refractivity contribution in [3.8, 4) is 0 Å². The molecule has 0 aliphatic carbocycles. The Morgan fingerprint density at radius 1 is 1.15 bits per heavy atom. The highest BCUT2D eigenvalue weighted by Crippen LogP contribution is 2.10. The van der Waals surface area contributed by atoms with E-state index in [1.165, 1.54) is 50.0 Å². The van der Waals surface area contributed by atoms with Gasteiger partial charge in [-0.1, -0.05) is 31.2 Å². The predicted octanol–water partition coefficient (Wildman–Crippen LogP) is 3.38. The summed E-state index contributed by atoms with van der Waals surface area (Å²) in [5, 5.41) is 7.00. The summed E-state index contributed by atoms with van der Waals surface area (Å²) in [4.78, 5) is 6.93. The molecule has 1 heterocycles. The van der Waals surface area contributed by atoms with Crippen molar-refractivity contribution in [2.24, 2.45) is 4.99 Å². The fourth-order valence-electron chi connectivity index (χ4n) is 3.16. The Bertz CT molecular complexity index is 513. The van der Waals surface area contributed by atoms with Gasteiger partial charge >= 0.3 is 0 Å². The molecule has 1 saturated heterocycles. The molecular weight excluding hydrogens is 439 g/mol. The Kier molecular flexibility index (Phi) is 11.9. The number of rotatable bonds is 8. The van der Waals surface area contributed by atoms with Crippen LogP contribution >= 0.6 is 24.0 Å². The third-order valence-corrected chi connectivity index (χ3v) is 4.65. The lowest BCUT2D eigenvalue weighted by Crippen LogP contribution is -2.48. The van der Waals surface area contributed by atoms with Crippen molar-refractivity contribution in [2.45, 2.75) is 52.3 Å². The van der Waals surface area contributed by atoms with Crippen LogP contribution in [0, 0.1) is 0 Å². The van der Waals surface area contributed by atoms with Crippen LogP contribution in [0.1, 0.15) is 44.2 Å². The molecule has 1 aromatic rings. The second-order valence-electron chi connectivity index (χ2n) is 6.64. The maximum Gasteiger partial charge on any atom is 0.191 e. The van der Waals surface area contributed by atoms with Gasteiger partial charge in [0.2, 0.25) is 0 Å². The summed E-state index contributed by atoms with van der Waals surface area (Å²) in [6.07, 6.45) is 3.62. The molecule has 0 radical (unpaired) electrons. The summed E-state index contributed by atoms with van der Waals surface area (Å²) in [7, 11) is 1.84. The van der Waals surface area contributed by atoms with Crippen molar-refractivity contribution >= 4 is 29.9 Å². The van der Waals surface area contributed by atoms with Gasteiger partial charge in [-0.05, 0) is 43.9 Å². The maximum absolute atomic E-state index is 5.43. The first-order valence-electron chi connectivity index (χ1n) is 9.60. The summed E-state index contributed by atoms with van der Waals surface area (Å²) >= 11 is 0. The van der Waals surface area contributed by atoms with Crippen molar-refractivity contribution in [1.82, 2.24) is 15.5 Å². The van der Waals surface area contributed by atoms with Crippen LogP contribution in [0.3, 0.4) is 0 Å². The third-order valence-electron chi connectivity index (χ3n) is 4.65. The summed E-state index contributed by atoms with van der Waals surface area (Å²) in [5.41, 5.74) is 2.47. The Labute approximate surface area is 176 Å². The molecule has 0 aromatic heterocycles. The second-order valence-corrected chi connectivity index (χ2v) is 6.64. The zero-order valence-electron chi connectivity index (χ0n) is 16.5. The standard InChI is InChI=1S/C20H34N4O.HI/c1-4-12-24-13-10-19(11-14-24)23-20(21-3)22-15-17-6-8-18(9-7-17)16-25-5-2;/h6-9,19H,4-5,10-16H2,1-3H3,(H2,21,22,23);1H. The first-order valence-corrected chi connectivity index (χ1v) is 9.60. The number of piperidine rings is 1. The molecule has 2 rings (SSSR count). The summed E-state index contributed by atoms with van der Waals surface area (Å²) in [6, 6.07) is 9.09. The summed E-state index contributed by atoms with van der Waals surface area (Å²) in [6.45, 7) is 10.1. The predicted molar refractivity (Wildman–Crippen MR) is 120 cm³/mol. The minimum absolute atomic E-state index is 0. The molecule has 0 saturated carbocycles. The van der Waals surface area contributed by atoms with Crippen LogP contribution in [0.5, 0.6) is 0 Å². The topological polar surface area (TPSA) is 48.9 Å². The number of nitrogens with one attached hydrogen (secondary N) is 2. The van der Waals surface area contributed by atoms with Gasteiger partial charge in [0.1, 0.15) is 0 Å². The minimum Gasteiger partial charge on any atom is -0.377 e. The van der Waals surface area contributed by atoms with Crippen molar-refractivity contribution in [1.29, 1.82) is 0 Å². The Hall–Kier alpha value is -0.860. The van der Waals surface area contributed by atoms with E-state index >= 15 is 0 Å². The van der Waals surface area contributed by atoms with E-state index in [2.05, 4.69) is 51.7 Å². The van der Waals surface area contributed by atoms with Crippen LogP contribution in [0.4, 0.5) is 0 Å². The smallest absolute Gasteiger partial charge is 0.191 e. The molecule has 0 atom stereocenters. The van der Waals surface area contributed by atoms with E-state index in [0.717, 1.165) is 19.1 Å². The molecule has 148 valence electrons. The van der Waals surface area contributed by atoms with Crippen molar-refractivity contribution in [2.75, 3.05) is 33.3 Å². The fourth-order valence-corrected chi connectivity index (χ4v) is 3.16. The minimum atomic E-state index is 0. The first-order chi connectivity index (χ1) is 12.2. The van der Waals surface area contributed by atoms with E-state index in [9.17, 15) is 0 Å². The van der Waals surface area contributed by atoms with Gasteiger partial charge < -0.3 is 20.3 Å². The quantitative estimate of drug-likeness (QED) is 0.345. The molecule has 0 bridgehead atoms. The van der Waals surface area contributed by atoms with Crippen LogP contribution in [-0.4, -0.2) is 50.2 Å². The monoisotopic (exact) mass is 474 g/mol. The van der Waals surface area contributed by atoms with E-state index in [-0.39, 0.29) is 24.0 Å². The van der Waals surface area contributed by atoms with Crippen molar-refractivity contribution in [3.05, 3.63) is 35.4 Å². The number of halogens is 1. The SMILES string of the molecule is CCCN1CCC(NC(=NC)NCc2ccc(COCC)cc2)CC1.I. The fraction of sp³-hybridized carbons (Fsp3) is 0.650. The average molecular weight is 474 g/mol. The highest BCUT2D eigenvalue weighted by atomic mass is 127. The molecule has 5 nitrogen and oxygen atoms in total. The highest BCUT2D eigenvalue weighted by molar-refractivity contribution is 14.0. The molecule has 1 aromatic carbocycles.